The molecule has 134 valence electrons. The average molecular weight is 350 g/mol. The molecule has 6 nitrogen and oxygen atoms in total. The van der Waals surface area contributed by atoms with E-state index in [9.17, 15) is 4.79 Å². The van der Waals surface area contributed by atoms with Gasteiger partial charge in [0.2, 0.25) is 0 Å². The molecule has 4 rings (SSSR count). The number of nitrogens with one attached hydrogen (secondary N) is 2. The second-order valence-electron chi connectivity index (χ2n) is 6.54. The van der Waals surface area contributed by atoms with Gasteiger partial charge in [-0.25, -0.2) is 4.79 Å². The summed E-state index contributed by atoms with van der Waals surface area (Å²) >= 11 is 0. The van der Waals surface area contributed by atoms with Gasteiger partial charge in [-0.1, -0.05) is 18.2 Å². The van der Waals surface area contributed by atoms with E-state index in [1.807, 2.05) is 54.1 Å². The van der Waals surface area contributed by atoms with E-state index >= 15 is 0 Å². The Morgan fingerprint density at radius 3 is 3.00 bits per heavy atom. The number of rotatable bonds is 4. The zero-order valence-corrected chi connectivity index (χ0v) is 15.0. The first kappa shape index (κ1) is 16.4. The van der Waals surface area contributed by atoms with Crippen LogP contribution in [0.3, 0.4) is 0 Å². The summed E-state index contributed by atoms with van der Waals surface area (Å²) in [7, 11) is 0. The summed E-state index contributed by atoms with van der Waals surface area (Å²) in [5.74, 6) is 0.903. The SMILES string of the molecule is CCn1nc(CNC(=O)Nc2ccc3c(c2)C[C@@H](C)O3)c2ccccc21. The Hall–Kier alpha value is -3.02. The second-order valence-corrected chi connectivity index (χ2v) is 6.54. The second kappa shape index (κ2) is 6.71. The largest absolute Gasteiger partial charge is 0.490 e. The van der Waals surface area contributed by atoms with Crippen molar-refractivity contribution in [2.75, 3.05) is 5.32 Å². The van der Waals surface area contributed by atoms with Crippen molar-refractivity contribution < 1.29 is 9.53 Å². The predicted octanol–water partition coefficient (Wildman–Crippen LogP) is 3.70. The third-order valence-electron chi connectivity index (χ3n) is 4.60. The van der Waals surface area contributed by atoms with Crippen LogP contribution in [0.25, 0.3) is 10.9 Å². The number of benzene rings is 2. The fourth-order valence-electron chi connectivity index (χ4n) is 3.41. The van der Waals surface area contributed by atoms with Crippen molar-refractivity contribution in [2.24, 2.45) is 0 Å². The lowest BCUT2D eigenvalue weighted by molar-refractivity contribution is 0.251. The maximum atomic E-state index is 12.3. The average Bonchev–Trinajstić information content (AvgIpc) is 3.19. The van der Waals surface area contributed by atoms with Crippen LogP contribution in [0.4, 0.5) is 10.5 Å². The minimum absolute atomic E-state index is 0.191. The number of ether oxygens (including phenoxy) is 1. The van der Waals surface area contributed by atoms with Gasteiger partial charge in [0, 0.05) is 24.0 Å². The molecule has 0 radical (unpaired) electrons. The van der Waals surface area contributed by atoms with Crippen molar-refractivity contribution in [3.8, 4) is 5.75 Å². The number of nitrogens with zero attached hydrogens (tertiary/aromatic N) is 2. The molecule has 3 aromatic rings. The minimum Gasteiger partial charge on any atom is -0.490 e. The Kier molecular flexibility index (Phi) is 4.24. The molecular formula is C20H22N4O2. The Morgan fingerprint density at radius 1 is 1.31 bits per heavy atom. The van der Waals surface area contributed by atoms with Crippen molar-refractivity contribution in [1.29, 1.82) is 0 Å². The molecule has 0 saturated heterocycles. The highest BCUT2D eigenvalue weighted by molar-refractivity contribution is 5.90. The molecule has 0 aliphatic carbocycles. The van der Waals surface area contributed by atoms with Gasteiger partial charge in [-0.15, -0.1) is 0 Å². The van der Waals surface area contributed by atoms with Gasteiger partial charge < -0.3 is 15.4 Å². The van der Waals surface area contributed by atoms with Crippen molar-refractivity contribution in [2.45, 2.75) is 39.5 Å². The third kappa shape index (κ3) is 3.10. The molecule has 2 aromatic carbocycles. The van der Waals surface area contributed by atoms with Crippen molar-refractivity contribution >= 4 is 22.6 Å². The lowest BCUT2D eigenvalue weighted by atomic mass is 10.1. The standard InChI is InChI=1S/C20H22N4O2/c1-3-24-18-7-5-4-6-16(18)17(23-24)12-21-20(25)22-15-8-9-19-14(11-15)10-13(2)26-19/h4-9,11,13H,3,10,12H2,1-2H3,(H2,21,22,25)/t13-/m1/s1. The summed E-state index contributed by atoms with van der Waals surface area (Å²) in [5.41, 5.74) is 3.85. The number of carbonyl (C=O) groups excluding carboxylic acids is 1. The molecule has 0 unspecified atom stereocenters. The molecule has 1 aliphatic rings. The minimum atomic E-state index is -0.243. The van der Waals surface area contributed by atoms with E-state index in [2.05, 4.69) is 22.7 Å². The number of urea groups is 1. The van der Waals surface area contributed by atoms with Gasteiger partial charge in [-0.3, -0.25) is 4.68 Å². The highest BCUT2D eigenvalue weighted by Crippen LogP contribution is 2.30. The number of carbonyl (C=O) groups is 1. The van der Waals surface area contributed by atoms with Crippen molar-refractivity contribution in [3.63, 3.8) is 0 Å². The Balaban J connectivity index is 1.43. The Morgan fingerprint density at radius 2 is 2.15 bits per heavy atom. The van der Waals surface area contributed by atoms with Crippen LogP contribution in [-0.2, 0) is 19.5 Å². The fraction of sp³-hybridized carbons (Fsp3) is 0.300. The van der Waals surface area contributed by atoms with Crippen LogP contribution in [0.5, 0.6) is 5.75 Å². The number of para-hydroxylation sites is 1. The maximum absolute atomic E-state index is 12.3. The van der Waals surface area contributed by atoms with E-state index in [1.165, 1.54) is 0 Å². The van der Waals surface area contributed by atoms with Gasteiger partial charge in [0.1, 0.15) is 11.9 Å². The first-order chi connectivity index (χ1) is 12.6. The third-order valence-corrected chi connectivity index (χ3v) is 4.60. The smallest absolute Gasteiger partial charge is 0.319 e. The highest BCUT2D eigenvalue weighted by atomic mass is 16.5. The number of hydrogen-bond acceptors (Lipinski definition) is 3. The number of amides is 2. The summed E-state index contributed by atoms with van der Waals surface area (Å²) in [4.78, 5) is 12.3. The van der Waals surface area contributed by atoms with Crippen molar-refractivity contribution in [3.05, 3.63) is 53.7 Å². The molecule has 1 aliphatic heterocycles. The molecule has 2 N–H and O–H groups in total. The molecule has 0 spiro atoms. The fourth-order valence-corrected chi connectivity index (χ4v) is 3.41. The summed E-state index contributed by atoms with van der Waals surface area (Å²) in [6.07, 6.45) is 1.06. The monoisotopic (exact) mass is 350 g/mol. The van der Waals surface area contributed by atoms with Gasteiger partial charge in [0.05, 0.1) is 17.8 Å². The molecule has 2 heterocycles. The van der Waals surface area contributed by atoms with Crippen LogP contribution in [0, 0.1) is 0 Å². The van der Waals surface area contributed by atoms with Crippen molar-refractivity contribution in [1.82, 2.24) is 15.1 Å². The van der Waals surface area contributed by atoms with Gasteiger partial charge in [0.15, 0.2) is 0 Å². The molecule has 0 saturated carbocycles. The molecule has 6 heteroatoms. The summed E-state index contributed by atoms with van der Waals surface area (Å²) in [6.45, 7) is 5.27. The summed E-state index contributed by atoms with van der Waals surface area (Å²) in [6, 6.07) is 13.6. The Bertz CT molecular complexity index is 964. The van der Waals surface area contributed by atoms with E-state index in [-0.39, 0.29) is 12.1 Å². The summed E-state index contributed by atoms with van der Waals surface area (Å²) < 4.78 is 7.64. The first-order valence-corrected chi connectivity index (χ1v) is 8.93. The molecule has 1 atom stereocenters. The molecule has 1 aromatic heterocycles. The van der Waals surface area contributed by atoms with Crippen LogP contribution in [0.15, 0.2) is 42.5 Å². The quantitative estimate of drug-likeness (QED) is 0.754. The van der Waals surface area contributed by atoms with Gasteiger partial charge in [0.25, 0.3) is 0 Å². The van der Waals surface area contributed by atoms with Gasteiger partial charge in [-0.05, 0) is 43.7 Å². The zero-order chi connectivity index (χ0) is 18.1. The van der Waals surface area contributed by atoms with Gasteiger partial charge in [-0.2, -0.15) is 5.10 Å². The molecular weight excluding hydrogens is 328 g/mol. The molecule has 0 fully saturated rings. The molecule has 26 heavy (non-hydrogen) atoms. The normalized spacial score (nSPS) is 15.5. The van der Waals surface area contributed by atoms with Gasteiger partial charge >= 0.3 is 6.03 Å². The topological polar surface area (TPSA) is 68.2 Å². The Labute approximate surface area is 152 Å². The lowest BCUT2D eigenvalue weighted by Crippen LogP contribution is -2.28. The van der Waals surface area contributed by atoms with E-state index < -0.39 is 0 Å². The van der Waals surface area contributed by atoms with Crippen LogP contribution >= 0.6 is 0 Å². The van der Waals surface area contributed by atoms with E-state index in [4.69, 9.17) is 4.74 Å². The molecule has 2 amide bonds. The van der Waals surface area contributed by atoms with Crippen LogP contribution < -0.4 is 15.4 Å². The maximum Gasteiger partial charge on any atom is 0.319 e. The lowest BCUT2D eigenvalue weighted by Gasteiger charge is -2.08. The number of hydrogen-bond donors (Lipinski definition) is 2. The van der Waals surface area contributed by atoms with E-state index in [0.29, 0.717) is 6.54 Å². The highest BCUT2D eigenvalue weighted by Gasteiger charge is 2.19. The van der Waals surface area contributed by atoms with E-state index in [1.54, 1.807) is 0 Å². The van der Waals surface area contributed by atoms with Crippen LogP contribution in [0.1, 0.15) is 25.1 Å². The number of aryl methyl sites for hydroxylation is 1. The predicted molar refractivity (Wildman–Crippen MR) is 102 cm³/mol. The number of aromatic nitrogens is 2. The van der Waals surface area contributed by atoms with Crippen LogP contribution in [-0.4, -0.2) is 21.9 Å². The molecule has 0 bridgehead atoms. The number of fused-ring (bicyclic) bond motifs is 2. The number of anilines is 1. The summed E-state index contributed by atoms with van der Waals surface area (Å²) in [5, 5.41) is 11.4. The van der Waals surface area contributed by atoms with E-state index in [0.717, 1.165) is 46.6 Å². The zero-order valence-electron chi connectivity index (χ0n) is 15.0. The first-order valence-electron chi connectivity index (χ1n) is 8.93. The van der Waals surface area contributed by atoms with Crippen LogP contribution in [0.2, 0.25) is 0 Å².